The lowest BCUT2D eigenvalue weighted by Crippen LogP contribution is -2.18. The van der Waals surface area contributed by atoms with E-state index in [0.29, 0.717) is 11.0 Å². The number of nitrogens with one attached hydrogen (secondary N) is 1. The molecule has 0 bridgehead atoms. The predicted molar refractivity (Wildman–Crippen MR) is 80.5 cm³/mol. The highest BCUT2D eigenvalue weighted by atomic mass is 79.9. The van der Waals surface area contributed by atoms with Gasteiger partial charge in [0.25, 0.3) is 0 Å². The van der Waals surface area contributed by atoms with E-state index in [9.17, 15) is 4.39 Å². The molecule has 0 spiro atoms. The van der Waals surface area contributed by atoms with Crippen LogP contribution in [0.25, 0.3) is 0 Å². The van der Waals surface area contributed by atoms with Crippen LogP contribution in [-0.4, -0.2) is 0 Å². The third-order valence-corrected chi connectivity index (χ3v) is 4.10. The molecule has 0 fully saturated rings. The molecular weight excluding hydrogens is 305 g/mol. The zero-order chi connectivity index (χ0) is 13.8. The van der Waals surface area contributed by atoms with Crippen molar-refractivity contribution in [2.24, 2.45) is 0 Å². The van der Waals surface area contributed by atoms with E-state index < -0.39 is 0 Å². The summed E-state index contributed by atoms with van der Waals surface area (Å²) >= 11 is 3.28. The van der Waals surface area contributed by atoms with Crippen molar-refractivity contribution < 1.29 is 4.39 Å². The lowest BCUT2D eigenvalue weighted by atomic mass is 10.1. The van der Waals surface area contributed by atoms with Crippen molar-refractivity contribution in [2.75, 3.05) is 0 Å². The van der Waals surface area contributed by atoms with Crippen LogP contribution in [0.15, 0.2) is 46.9 Å². The monoisotopic (exact) mass is 321 g/mol. The smallest absolute Gasteiger partial charge is 0.137 e. The molecule has 0 aromatic heterocycles. The minimum Gasteiger partial charge on any atom is -0.306 e. The quantitative estimate of drug-likeness (QED) is 0.857. The van der Waals surface area contributed by atoms with Crippen LogP contribution in [0.2, 0.25) is 0 Å². The van der Waals surface area contributed by atoms with Crippen molar-refractivity contribution in [3.8, 4) is 0 Å². The summed E-state index contributed by atoms with van der Waals surface area (Å²) in [5, 5.41) is 3.41. The highest BCUT2D eigenvalue weighted by Crippen LogP contribution is 2.21. The number of rotatable bonds is 4. The van der Waals surface area contributed by atoms with Crippen molar-refractivity contribution in [3.05, 3.63) is 69.4 Å². The largest absolute Gasteiger partial charge is 0.306 e. The molecule has 0 saturated heterocycles. The van der Waals surface area contributed by atoms with Gasteiger partial charge in [0.15, 0.2) is 0 Å². The van der Waals surface area contributed by atoms with Gasteiger partial charge in [0.2, 0.25) is 0 Å². The molecule has 1 atom stereocenters. The molecule has 0 aliphatic heterocycles. The molecule has 0 radical (unpaired) electrons. The maximum absolute atomic E-state index is 13.4. The van der Waals surface area contributed by atoms with E-state index >= 15 is 0 Å². The predicted octanol–water partition coefficient (Wildman–Crippen LogP) is 4.75. The van der Waals surface area contributed by atoms with Gasteiger partial charge >= 0.3 is 0 Å². The summed E-state index contributed by atoms with van der Waals surface area (Å²) in [5.41, 5.74) is 3.42. The van der Waals surface area contributed by atoms with E-state index in [4.69, 9.17) is 0 Å². The number of benzene rings is 2. The van der Waals surface area contributed by atoms with Gasteiger partial charge in [0.05, 0.1) is 4.47 Å². The second-order valence-corrected chi connectivity index (χ2v) is 5.52. The number of aryl methyl sites for hydroxylation is 1. The highest BCUT2D eigenvalue weighted by molar-refractivity contribution is 9.10. The van der Waals surface area contributed by atoms with Crippen molar-refractivity contribution in [3.63, 3.8) is 0 Å². The first-order valence-electron chi connectivity index (χ1n) is 6.31. The maximum Gasteiger partial charge on any atom is 0.137 e. The molecule has 100 valence electrons. The average Bonchev–Trinajstić information content (AvgIpc) is 2.41. The van der Waals surface area contributed by atoms with Gasteiger partial charge in [-0.05, 0) is 47.0 Å². The highest BCUT2D eigenvalue weighted by Gasteiger charge is 2.08. The van der Waals surface area contributed by atoms with Gasteiger partial charge in [-0.15, -0.1) is 0 Å². The zero-order valence-electron chi connectivity index (χ0n) is 11.1. The first-order chi connectivity index (χ1) is 9.08. The summed E-state index contributed by atoms with van der Waals surface area (Å²) < 4.78 is 13.9. The first-order valence-corrected chi connectivity index (χ1v) is 7.10. The fourth-order valence-corrected chi connectivity index (χ4v) is 2.33. The fourth-order valence-electron chi connectivity index (χ4n) is 1.92. The Morgan fingerprint density at radius 1 is 1.16 bits per heavy atom. The third kappa shape index (κ3) is 3.64. The lowest BCUT2D eigenvalue weighted by molar-refractivity contribution is 0.566. The minimum absolute atomic E-state index is 0.220. The van der Waals surface area contributed by atoms with Crippen molar-refractivity contribution in [1.82, 2.24) is 5.32 Å². The fraction of sp³-hybridized carbons (Fsp3) is 0.250. The molecular formula is C16H17BrFN. The molecule has 2 aromatic rings. The standard InChI is InChI=1S/C16H17BrFN/c1-11-6-8-13(9-7-11)12(2)19-10-14-4-3-5-15(18)16(14)17/h3-9,12,19H,10H2,1-2H3/t12-/m1/s1. The van der Waals surface area contributed by atoms with Crippen LogP contribution in [0, 0.1) is 12.7 Å². The minimum atomic E-state index is -0.220. The second kappa shape index (κ2) is 6.31. The molecule has 0 aliphatic carbocycles. The summed E-state index contributed by atoms with van der Waals surface area (Å²) in [6.45, 7) is 4.82. The Labute approximate surface area is 122 Å². The van der Waals surface area contributed by atoms with E-state index in [-0.39, 0.29) is 11.9 Å². The molecule has 1 N–H and O–H groups in total. The Bertz CT molecular complexity index is 551. The van der Waals surface area contributed by atoms with Gasteiger partial charge in [-0.2, -0.15) is 0 Å². The van der Waals surface area contributed by atoms with Crippen molar-refractivity contribution in [2.45, 2.75) is 26.4 Å². The van der Waals surface area contributed by atoms with E-state index in [1.54, 1.807) is 6.07 Å². The summed E-state index contributed by atoms with van der Waals surface area (Å²) in [6.07, 6.45) is 0. The normalized spacial score (nSPS) is 12.4. The second-order valence-electron chi connectivity index (χ2n) is 4.73. The number of hydrogen-bond acceptors (Lipinski definition) is 1. The van der Waals surface area contributed by atoms with Gasteiger partial charge in [0.1, 0.15) is 5.82 Å². The molecule has 3 heteroatoms. The zero-order valence-corrected chi connectivity index (χ0v) is 12.7. The molecule has 0 unspecified atom stereocenters. The Hall–Kier alpha value is -1.19. The van der Waals surface area contributed by atoms with Crippen LogP contribution in [0.1, 0.15) is 29.7 Å². The summed E-state index contributed by atoms with van der Waals surface area (Å²) in [6, 6.07) is 13.8. The van der Waals surface area contributed by atoms with Crippen LogP contribution < -0.4 is 5.32 Å². The first kappa shape index (κ1) is 14.2. The summed E-state index contributed by atoms with van der Waals surface area (Å²) in [4.78, 5) is 0. The topological polar surface area (TPSA) is 12.0 Å². The molecule has 0 aliphatic rings. The third-order valence-electron chi connectivity index (χ3n) is 3.21. The van der Waals surface area contributed by atoms with Crippen LogP contribution in [0.5, 0.6) is 0 Å². The van der Waals surface area contributed by atoms with Crippen molar-refractivity contribution >= 4 is 15.9 Å². The van der Waals surface area contributed by atoms with Crippen molar-refractivity contribution in [1.29, 1.82) is 0 Å². The maximum atomic E-state index is 13.4. The van der Waals surface area contributed by atoms with Gasteiger partial charge in [-0.1, -0.05) is 42.0 Å². The van der Waals surface area contributed by atoms with Gasteiger partial charge in [-0.25, -0.2) is 4.39 Å². The van der Waals surface area contributed by atoms with Gasteiger partial charge in [0, 0.05) is 12.6 Å². The van der Waals surface area contributed by atoms with Crippen LogP contribution in [0.3, 0.4) is 0 Å². The number of hydrogen-bond donors (Lipinski definition) is 1. The molecule has 0 heterocycles. The van der Waals surface area contributed by atoms with Gasteiger partial charge < -0.3 is 5.32 Å². The molecule has 1 nitrogen and oxygen atoms in total. The lowest BCUT2D eigenvalue weighted by Gasteiger charge is -2.15. The van der Waals surface area contributed by atoms with E-state index in [2.05, 4.69) is 59.4 Å². The molecule has 0 saturated carbocycles. The average molecular weight is 322 g/mol. The summed E-state index contributed by atoms with van der Waals surface area (Å²) in [5.74, 6) is -0.220. The molecule has 2 rings (SSSR count). The Kier molecular flexibility index (Phi) is 4.72. The van der Waals surface area contributed by atoms with Crippen LogP contribution in [-0.2, 0) is 6.54 Å². The number of halogens is 2. The molecule has 19 heavy (non-hydrogen) atoms. The summed E-state index contributed by atoms with van der Waals surface area (Å²) in [7, 11) is 0. The molecule has 2 aromatic carbocycles. The van der Waals surface area contributed by atoms with E-state index in [1.165, 1.54) is 17.2 Å². The Morgan fingerprint density at radius 2 is 1.84 bits per heavy atom. The SMILES string of the molecule is Cc1ccc([C@@H](C)NCc2cccc(F)c2Br)cc1. The Morgan fingerprint density at radius 3 is 2.53 bits per heavy atom. The Balaban J connectivity index is 2.02. The van der Waals surface area contributed by atoms with Crippen LogP contribution >= 0.6 is 15.9 Å². The van der Waals surface area contributed by atoms with E-state index in [0.717, 1.165) is 5.56 Å². The van der Waals surface area contributed by atoms with Crippen LogP contribution in [0.4, 0.5) is 4.39 Å². The van der Waals surface area contributed by atoms with E-state index in [1.807, 2.05) is 6.07 Å². The molecule has 0 amide bonds. The van der Waals surface area contributed by atoms with Gasteiger partial charge in [-0.3, -0.25) is 0 Å².